The summed E-state index contributed by atoms with van der Waals surface area (Å²) in [6.45, 7) is 5.80. The molecule has 0 saturated heterocycles. The van der Waals surface area contributed by atoms with Crippen LogP contribution in [0, 0.1) is 5.92 Å². The van der Waals surface area contributed by atoms with E-state index in [-0.39, 0.29) is 22.3 Å². The minimum absolute atomic E-state index is 0.000579. The average molecular weight is 478 g/mol. The summed E-state index contributed by atoms with van der Waals surface area (Å²) in [5, 5.41) is 5.45. The molecule has 2 rings (SSSR count). The van der Waals surface area contributed by atoms with Gasteiger partial charge in [0.1, 0.15) is 17.5 Å². The molecule has 0 bridgehead atoms. The zero-order valence-electron chi connectivity index (χ0n) is 19.7. The lowest BCUT2D eigenvalue weighted by atomic mass is 10.0. The molecule has 180 valence electrons. The number of nitrogens with one attached hydrogen (secondary N) is 2. The first-order valence-corrected chi connectivity index (χ1v) is 11.9. The molecule has 2 aromatic rings. The molecular weight excluding hydrogens is 446 g/mol. The molecular formula is C23H31N3O6S. The average Bonchev–Trinajstić information content (AvgIpc) is 2.77. The third-order valence-corrected chi connectivity index (χ3v) is 6.69. The van der Waals surface area contributed by atoms with Crippen molar-refractivity contribution in [3.8, 4) is 11.5 Å². The van der Waals surface area contributed by atoms with Crippen LogP contribution in [-0.4, -0.2) is 58.4 Å². The maximum Gasteiger partial charge on any atom is 0.255 e. The Morgan fingerprint density at radius 3 is 2.30 bits per heavy atom. The fourth-order valence-electron chi connectivity index (χ4n) is 3.06. The fraction of sp³-hybridized carbons (Fsp3) is 0.391. The van der Waals surface area contributed by atoms with Gasteiger partial charge in [0.25, 0.3) is 5.91 Å². The highest BCUT2D eigenvalue weighted by molar-refractivity contribution is 7.89. The van der Waals surface area contributed by atoms with Crippen LogP contribution in [0.3, 0.4) is 0 Å². The number of nitrogens with zero attached hydrogens (tertiary/aromatic N) is 1. The molecule has 0 aromatic heterocycles. The van der Waals surface area contributed by atoms with E-state index >= 15 is 0 Å². The summed E-state index contributed by atoms with van der Waals surface area (Å²) >= 11 is 0. The van der Waals surface area contributed by atoms with Crippen LogP contribution in [0.4, 0.5) is 5.69 Å². The number of hydrogen-bond acceptors (Lipinski definition) is 6. The molecule has 0 aliphatic carbocycles. The normalized spacial score (nSPS) is 12.4. The second-order valence-electron chi connectivity index (χ2n) is 7.76. The number of para-hydroxylation sites is 1. The summed E-state index contributed by atoms with van der Waals surface area (Å²) in [5.41, 5.74) is 0.495. The van der Waals surface area contributed by atoms with E-state index in [1.54, 1.807) is 38.1 Å². The zero-order chi connectivity index (χ0) is 24.8. The Morgan fingerprint density at radius 1 is 1.06 bits per heavy atom. The Kier molecular flexibility index (Phi) is 8.84. The van der Waals surface area contributed by atoms with Gasteiger partial charge in [-0.1, -0.05) is 26.0 Å². The molecule has 1 atom stereocenters. The summed E-state index contributed by atoms with van der Waals surface area (Å²) in [6.07, 6.45) is 0. The van der Waals surface area contributed by atoms with Crippen LogP contribution in [0.5, 0.6) is 11.5 Å². The van der Waals surface area contributed by atoms with Crippen LogP contribution in [0.1, 0.15) is 31.1 Å². The Bertz CT molecular complexity index is 1100. The van der Waals surface area contributed by atoms with Gasteiger partial charge >= 0.3 is 0 Å². The van der Waals surface area contributed by atoms with Crippen LogP contribution in [0.25, 0.3) is 0 Å². The first kappa shape index (κ1) is 26.1. The maximum absolute atomic E-state index is 13.1. The molecule has 0 heterocycles. The number of methoxy groups -OCH3 is 1. The van der Waals surface area contributed by atoms with E-state index in [4.69, 9.17) is 9.47 Å². The molecule has 0 spiro atoms. The SMILES string of the molecule is CCOc1ccccc1C(=O)N[C@H](C(=O)Nc1cc(S(=O)(=O)N(C)C)ccc1OC)C(C)C. The number of benzene rings is 2. The quantitative estimate of drug-likeness (QED) is 0.544. The second-order valence-corrected chi connectivity index (χ2v) is 9.91. The molecule has 2 amide bonds. The van der Waals surface area contributed by atoms with Gasteiger partial charge in [-0.05, 0) is 43.2 Å². The number of hydrogen-bond donors (Lipinski definition) is 2. The predicted octanol–water partition coefficient (Wildman–Crippen LogP) is 2.74. The molecule has 33 heavy (non-hydrogen) atoms. The third-order valence-electron chi connectivity index (χ3n) is 4.87. The van der Waals surface area contributed by atoms with Crippen molar-refractivity contribution >= 4 is 27.5 Å². The summed E-state index contributed by atoms with van der Waals surface area (Å²) in [5.74, 6) is -0.512. The largest absolute Gasteiger partial charge is 0.495 e. The van der Waals surface area contributed by atoms with Crippen molar-refractivity contribution in [3.63, 3.8) is 0 Å². The van der Waals surface area contributed by atoms with E-state index in [2.05, 4.69) is 10.6 Å². The molecule has 2 aromatic carbocycles. The number of sulfonamides is 1. The number of rotatable bonds is 10. The molecule has 0 fully saturated rings. The lowest BCUT2D eigenvalue weighted by molar-refractivity contribution is -0.118. The lowest BCUT2D eigenvalue weighted by Crippen LogP contribution is -2.47. The number of anilines is 1. The molecule has 2 N–H and O–H groups in total. The molecule has 0 radical (unpaired) electrons. The monoisotopic (exact) mass is 477 g/mol. The zero-order valence-corrected chi connectivity index (χ0v) is 20.5. The van der Waals surface area contributed by atoms with E-state index in [1.165, 1.54) is 39.4 Å². The van der Waals surface area contributed by atoms with E-state index in [0.717, 1.165) is 4.31 Å². The van der Waals surface area contributed by atoms with Crippen molar-refractivity contribution in [2.24, 2.45) is 5.92 Å². The predicted molar refractivity (Wildman–Crippen MR) is 126 cm³/mol. The van der Waals surface area contributed by atoms with E-state index in [1.807, 2.05) is 6.92 Å². The van der Waals surface area contributed by atoms with Gasteiger partial charge in [0.15, 0.2) is 0 Å². The van der Waals surface area contributed by atoms with Crippen molar-refractivity contribution in [1.82, 2.24) is 9.62 Å². The smallest absolute Gasteiger partial charge is 0.255 e. The molecule has 10 heteroatoms. The number of ether oxygens (including phenoxy) is 2. The molecule has 0 unspecified atom stereocenters. The van der Waals surface area contributed by atoms with E-state index in [9.17, 15) is 18.0 Å². The van der Waals surface area contributed by atoms with Crippen molar-refractivity contribution in [3.05, 3.63) is 48.0 Å². The van der Waals surface area contributed by atoms with Crippen molar-refractivity contribution in [1.29, 1.82) is 0 Å². The maximum atomic E-state index is 13.1. The van der Waals surface area contributed by atoms with Crippen molar-refractivity contribution in [2.75, 3.05) is 33.1 Å². The highest BCUT2D eigenvalue weighted by Gasteiger charge is 2.27. The molecule has 0 aliphatic heterocycles. The van der Waals surface area contributed by atoms with E-state index < -0.39 is 27.9 Å². The lowest BCUT2D eigenvalue weighted by Gasteiger charge is -2.23. The summed E-state index contributed by atoms with van der Waals surface area (Å²) in [4.78, 5) is 26.0. The van der Waals surface area contributed by atoms with Gasteiger partial charge in [0.2, 0.25) is 15.9 Å². The van der Waals surface area contributed by atoms with Crippen LogP contribution in [0.2, 0.25) is 0 Å². The highest BCUT2D eigenvalue weighted by Crippen LogP contribution is 2.29. The van der Waals surface area contributed by atoms with Crippen molar-refractivity contribution in [2.45, 2.75) is 31.7 Å². The summed E-state index contributed by atoms with van der Waals surface area (Å²) in [7, 11) is 0.533. The minimum Gasteiger partial charge on any atom is -0.495 e. The fourth-order valence-corrected chi connectivity index (χ4v) is 3.98. The molecule has 9 nitrogen and oxygen atoms in total. The van der Waals surface area contributed by atoms with Crippen molar-refractivity contribution < 1.29 is 27.5 Å². The van der Waals surface area contributed by atoms with Crippen LogP contribution in [0.15, 0.2) is 47.4 Å². The Balaban J connectivity index is 2.32. The number of carbonyl (C=O) groups is 2. The molecule has 0 aliphatic rings. The molecule has 0 saturated carbocycles. The topological polar surface area (TPSA) is 114 Å². The van der Waals surface area contributed by atoms with Gasteiger partial charge in [-0.2, -0.15) is 0 Å². The first-order chi connectivity index (χ1) is 15.5. The number of carbonyl (C=O) groups excluding carboxylic acids is 2. The summed E-state index contributed by atoms with van der Waals surface area (Å²) < 4.78 is 36.9. The first-order valence-electron chi connectivity index (χ1n) is 10.5. The van der Waals surface area contributed by atoms with Crippen LogP contribution >= 0.6 is 0 Å². The van der Waals surface area contributed by atoms with Gasteiger partial charge < -0.3 is 20.1 Å². The van der Waals surface area contributed by atoms with Crippen LogP contribution in [-0.2, 0) is 14.8 Å². The number of amides is 2. The third kappa shape index (κ3) is 6.23. The standard InChI is InChI=1S/C23H31N3O6S/c1-7-32-19-11-9-8-10-17(19)22(27)25-21(15(2)3)23(28)24-18-14-16(12-13-20(18)31-6)33(29,30)26(4)5/h8-15,21H,7H2,1-6H3,(H,24,28)(H,25,27)/t21-/m0/s1. The van der Waals surface area contributed by atoms with E-state index in [0.29, 0.717) is 17.9 Å². The van der Waals surface area contributed by atoms with Gasteiger partial charge in [0, 0.05) is 14.1 Å². The minimum atomic E-state index is -3.72. The van der Waals surface area contributed by atoms with Gasteiger partial charge in [-0.25, -0.2) is 12.7 Å². The van der Waals surface area contributed by atoms with Gasteiger partial charge in [-0.3, -0.25) is 9.59 Å². The van der Waals surface area contributed by atoms with Gasteiger partial charge in [0.05, 0.1) is 29.9 Å². The summed E-state index contributed by atoms with van der Waals surface area (Å²) in [6, 6.07) is 10.1. The van der Waals surface area contributed by atoms with Gasteiger partial charge in [-0.15, -0.1) is 0 Å². The highest BCUT2D eigenvalue weighted by atomic mass is 32.2. The Hall–Kier alpha value is -3.11. The van der Waals surface area contributed by atoms with Crippen LogP contribution < -0.4 is 20.1 Å². The second kappa shape index (κ2) is 11.2. The Labute approximate surface area is 195 Å². The Morgan fingerprint density at radius 2 is 1.73 bits per heavy atom.